The molecule has 0 aliphatic carbocycles. The minimum Gasteiger partial charge on any atom is -0.383 e. The molecule has 0 aliphatic rings. The summed E-state index contributed by atoms with van der Waals surface area (Å²) in [5.74, 6) is -0.362. The van der Waals surface area contributed by atoms with E-state index in [-0.39, 0.29) is 27.4 Å². The number of benzene rings is 2. The van der Waals surface area contributed by atoms with E-state index in [2.05, 4.69) is 9.97 Å². The molecule has 0 saturated heterocycles. The summed E-state index contributed by atoms with van der Waals surface area (Å²) in [5.41, 5.74) is 6.21. The lowest BCUT2D eigenvalue weighted by molar-refractivity contribution is -0.385. The third kappa shape index (κ3) is 2.43. The highest BCUT2D eigenvalue weighted by Crippen LogP contribution is 2.31. The Morgan fingerprint density at radius 2 is 1.79 bits per heavy atom. The Hall–Kier alpha value is -4.04. The molecule has 0 fully saturated rings. The van der Waals surface area contributed by atoms with Gasteiger partial charge in [0.15, 0.2) is 5.65 Å². The van der Waals surface area contributed by atoms with Crippen LogP contribution in [0, 0.1) is 21.4 Å². The van der Waals surface area contributed by atoms with Crippen LogP contribution in [0.5, 0.6) is 0 Å². The number of nitrogens with two attached hydrogens (primary N) is 1. The maximum Gasteiger partial charge on any atom is 0.271 e. The Bertz CT molecular complexity index is 1440. The average Bonchev–Trinajstić information content (AvgIpc) is 2.96. The lowest BCUT2D eigenvalue weighted by Crippen LogP contribution is -2.16. The average molecular weight is 394 g/mol. The number of para-hydroxylation sites is 2. The lowest BCUT2D eigenvalue weighted by atomic mass is 10.2. The van der Waals surface area contributed by atoms with E-state index < -0.39 is 20.6 Å². The van der Waals surface area contributed by atoms with E-state index in [1.165, 1.54) is 18.2 Å². The van der Waals surface area contributed by atoms with Gasteiger partial charge < -0.3 is 5.73 Å². The van der Waals surface area contributed by atoms with Gasteiger partial charge in [0, 0.05) is 12.1 Å². The molecular weight excluding hydrogens is 384 g/mol. The SMILES string of the molecule is N#Cc1c(N)n(S(=O)(=O)c2cccc([N+](=O)[O-])c2)c2nc3ccccc3nc12. The molecule has 2 aromatic heterocycles. The highest BCUT2D eigenvalue weighted by atomic mass is 32.2. The van der Waals surface area contributed by atoms with Gasteiger partial charge in [-0.1, -0.05) is 18.2 Å². The van der Waals surface area contributed by atoms with Crippen LogP contribution in [0.3, 0.4) is 0 Å². The number of nitro groups is 1. The van der Waals surface area contributed by atoms with E-state index in [0.717, 1.165) is 6.07 Å². The first-order valence-corrected chi connectivity index (χ1v) is 9.25. The summed E-state index contributed by atoms with van der Waals surface area (Å²) < 4.78 is 27.1. The fourth-order valence-corrected chi connectivity index (χ4v) is 4.29. The molecule has 10 nitrogen and oxygen atoms in total. The van der Waals surface area contributed by atoms with Crippen LogP contribution < -0.4 is 5.73 Å². The van der Waals surface area contributed by atoms with Crippen LogP contribution in [0.1, 0.15) is 5.56 Å². The van der Waals surface area contributed by atoms with Crippen molar-refractivity contribution in [3.05, 3.63) is 64.2 Å². The molecule has 0 amide bonds. The van der Waals surface area contributed by atoms with Gasteiger partial charge in [-0.15, -0.1) is 0 Å². The molecule has 0 atom stereocenters. The van der Waals surface area contributed by atoms with E-state index in [1.54, 1.807) is 24.3 Å². The maximum absolute atomic E-state index is 13.2. The molecule has 0 aliphatic heterocycles. The van der Waals surface area contributed by atoms with Crippen LogP contribution in [0.4, 0.5) is 11.5 Å². The van der Waals surface area contributed by atoms with Crippen LogP contribution >= 0.6 is 0 Å². The predicted molar refractivity (Wildman–Crippen MR) is 99.8 cm³/mol. The van der Waals surface area contributed by atoms with Gasteiger partial charge in [0.1, 0.15) is 23.0 Å². The summed E-state index contributed by atoms with van der Waals surface area (Å²) in [6.07, 6.45) is 0. The number of nitro benzene ring substituents is 1. The smallest absolute Gasteiger partial charge is 0.271 e. The lowest BCUT2D eigenvalue weighted by Gasteiger charge is -2.09. The summed E-state index contributed by atoms with van der Waals surface area (Å²) in [4.78, 5) is 18.6. The third-order valence-electron chi connectivity index (χ3n) is 4.13. The first-order chi connectivity index (χ1) is 13.3. The fraction of sp³-hybridized carbons (Fsp3) is 0. The molecule has 138 valence electrons. The predicted octanol–water partition coefficient (Wildman–Crippen LogP) is 2.18. The number of nitrogen functional groups attached to an aromatic ring is 1. The van der Waals surface area contributed by atoms with Crippen molar-refractivity contribution in [1.29, 1.82) is 5.26 Å². The van der Waals surface area contributed by atoms with Crippen molar-refractivity contribution in [2.75, 3.05) is 5.73 Å². The molecule has 0 spiro atoms. The van der Waals surface area contributed by atoms with Crippen molar-refractivity contribution in [3.63, 3.8) is 0 Å². The van der Waals surface area contributed by atoms with Crippen LogP contribution in [-0.2, 0) is 10.0 Å². The topological polar surface area (TPSA) is 158 Å². The van der Waals surface area contributed by atoms with Crippen LogP contribution in [0.2, 0.25) is 0 Å². The maximum atomic E-state index is 13.2. The first-order valence-electron chi connectivity index (χ1n) is 7.81. The zero-order chi connectivity index (χ0) is 20.1. The van der Waals surface area contributed by atoms with E-state index in [0.29, 0.717) is 15.0 Å². The highest BCUT2D eigenvalue weighted by Gasteiger charge is 2.29. The molecule has 0 saturated carbocycles. The normalized spacial score (nSPS) is 11.5. The molecule has 2 heterocycles. The largest absolute Gasteiger partial charge is 0.383 e. The summed E-state index contributed by atoms with van der Waals surface area (Å²) in [5, 5.41) is 20.5. The van der Waals surface area contributed by atoms with E-state index in [9.17, 15) is 23.8 Å². The van der Waals surface area contributed by atoms with Crippen molar-refractivity contribution in [2.24, 2.45) is 0 Å². The summed E-state index contributed by atoms with van der Waals surface area (Å²) in [6.45, 7) is 0. The molecule has 4 rings (SSSR count). The Morgan fingerprint density at radius 3 is 2.43 bits per heavy atom. The quantitative estimate of drug-likeness (QED) is 0.409. The minimum absolute atomic E-state index is 0.0349. The third-order valence-corrected chi connectivity index (χ3v) is 5.83. The van der Waals surface area contributed by atoms with E-state index >= 15 is 0 Å². The number of nitriles is 1. The molecule has 11 heteroatoms. The Kier molecular flexibility index (Phi) is 3.72. The van der Waals surface area contributed by atoms with Crippen molar-refractivity contribution >= 4 is 43.7 Å². The number of hydrogen-bond acceptors (Lipinski definition) is 8. The van der Waals surface area contributed by atoms with Crippen LogP contribution in [0.25, 0.3) is 22.2 Å². The summed E-state index contributed by atoms with van der Waals surface area (Å²) >= 11 is 0. The van der Waals surface area contributed by atoms with Gasteiger partial charge in [0.2, 0.25) is 0 Å². The summed E-state index contributed by atoms with van der Waals surface area (Å²) in [6, 6.07) is 13.1. The number of aromatic nitrogens is 3. The minimum atomic E-state index is -4.38. The number of fused-ring (bicyclic) bond motifs is 2. The zero-order valence-electron chi connectivity index (χ0n) is 14.0. The number of rotatable bonds is 3. The number of nitrogens with zero attached hydrogens (tertiary/aromatic N) is 5. The van der Waals surface area contributed by atoms with Crippen molar-refractivity contribution in [3.8, 4) is 6.07 Å². The molecule has 0 bridgehead atoms. The number of anilines is 1. The molecule has 4 aromatic rings. The molecule has 28 heavy (non-hydrogen) atoms. The second-order valence-corrected chi connectivity index (χ2v) is 7.57. The van der Waals surface area contributed by atoms with Crippen LogP contribution in [-0.4, -0.2) is 27.3 Å². The molecule has 0 radical (unpaired) electrons. The van der Waals surface area contributed by atoms with Gasteiger partial charge in [-0.05, 0) is 18.2 Å². The number of hydrogen-bond donors (Lipinski definition) is 1. The monoisotopic (exact) mass is 394 g/mol. The van der Waals surface area contributed by atoms with Crippen molar-refractivity contribution in [1.82, 2.24) is 13.9 Å². The first kappa shape index (κ1) is 17.4. The van der Waals surface area contributed by atoms with E-state index in [1.807, 2.05) is 6.07 Å². The molecular formula is C17H10N6O4S. The second kappa shape index (κ2) is 6.00. The Balaban J connectivity index is 2.09. The highest BCUT2D eigenvalue weighted by molar-refractivity contribution is 7.90. The summed E-state index contributed by atoms with van der Waals surface area (Å²) in [7, 11) is -4.38. The Morgan fingerprint density at radius 1 is 1.11 bits per heavy atom. The van der Waals surface area contributed by atoms with Gasteiger partial charge in [-0.2, -0.15) is 9.23 Å². The molecule has 0 unspecified atom stereocenters. The fourth-order valence-electron chi connectivity index (χ4n) is 2.85. The van der Waals surface area contributed by atoms with Crippen molar-refractivity contribution < 1.29 is 13.3 Å². The van der Waals surface area contributed by atoms with Gasteiger partial charge in [0.25, 0.3) is 15.7 Å². The van der Waals surface area contributed by atoms with E-state index in [4.69, 9.17) is 5.73 Å². The van der Waals surface area contributed by atoms with Gasteiger partial charge in [0.05, 0.1) is 20.9 Å². The van der Waals surface area contributed by atoms with Crippen molar-refractivity contribution in [2.45, 2.75) is 4.90 Å². The zero-order valence-corrected chi connectivity index (χ0v) is 14.8. The van der Waals surface area contributed by atoms with Gasteiger partial charge in [-0.3, -0.25) is 10.1 Å². The standard InChI is InChI=1S/C17H10N6O4S/c18-9-12-15-17(21-14-7-2-1-6-13(14)20-15)22(16(12)19)28(26,27)11-5-3-4-10(8-11)23(24)25/h1-8H,19H2. The Labute approximate surface area is 157 Å². The second-order valence-electron chi connectivity index (χ2n) is 5.78. The molecule has 2 aromatic carbocycles. The van der Waals surface area contributed by atoms with Gasteiger partial charge >= 0.3 is 0 Å². The van der Waals surface area contributed by atoms with Crippen LogP contribution in [0.15, 0.2) is 53.4 Å². The molecule has 2 N–H and O–H groups in total. The number of non-ortho nitro benzene ring substituents is 1. The van der Waals surface area contributed by atoms with Gasteiger partial charge in [-0.25, -0.2) is 18.4 Å².